The number of thiazole rings is 1. The molecule has 2 aromatic heterocycles. The highest BCUT2D eigenvalue weighted by Gasteiger charge is 2.53. The van der Waals surface area contributed by atoms with Crippen molar-refractivity contribution in [2.24, 2.45) is 0 Å². The number of aromatic nitrogens is 3. The summed E-state index contributed by atoms with van der Waals surface area (Å²) < 4.78 is 15.5. The van der Waals surface area contributed by atoms with Gasteiger partial charge in [0.15, 0.2) is 0 Å². The Morgan fingerprint density at radius 2 is 1.90 bits per heavy atom. The van der Waals surface area contributed by atoms with Crippen LogP contribution in [0.5, 0.6) is 0 Å². The van der Waals surface area contributed by atoms with Gasteiger partial charge in [-0.25, -0.2) is 9.67 Å². The van der Waals surface area contributed by atoms with Gasteiger partial charge in [-0.15, -0.1) is 11.3 Å². The Hall–Kier alpha value is -0.695. The minimum Gasteiger partial charge on any atom is -0.399 e. The first-order valence-corrected chi connectivity index (χ1v) is 7.93. The van der Waals surface area contributed by atoms with Crippen molar-refractivity contribution in [3.63, 3.8) is 0 Å². The molecule has 106 valence electrons. The normalized spacial score (nSPS) is 20.6. The maximum atomic E-state index is 6.05. The fourth-order valence-corrected chi connectivity index (χ4v) is 3.45. The summed E-state index contributed by atoms with van der Waals surface area (Å²) in [6, 6.07) is 1.86. The fraction of sp³-hybridized carbons (Fsp3) is 0.500. The van der Waals surface area contributed by atoms with Crippen molar-refractivity contribution in [2.75, 3.05) is 0 Å². The van der Waals surface area contributed by atoms with Crippen LogP contribution in [0, 0.1) is 0 Å². The molecule has 20 heavy (non-hydrogen) atoms. The predicted molar refractivity (Wildman–Crippen MR) is 82.7 cm³/mol. The minimum atomic E-state index is -0.406. The molecule has 0 aliphatic carbocycles. The van der Waals surface area contributed by atoms with Crippen LogP contribution in [0.15, 0.2) is 23.1 Å². The van der Waals surface area contributed by atoms with E-state index in [9.17, 15) is 0 Å². The number of nitrogens with zero attached hydrogens (tertiary/aromatic N) is 3. The third kappa shape index (κ3) is 2.24. The van der Waals surface area contributed by atoms with Crippen LogP contribution in [0.2, 0.25) is 0 Å². The lowest BCUT2D eigenvalue weighted by Gasteiger charge is -2.32. The molecule has 3 heterocycles. The van der Waals surface area contributed by atoms with Crippen LogP contribution >= 0.6 is 27.3 Å². The summed E-state index contributed by atoms with van der Waals surface area (Å²) in [7, 11) is -0.406. The van der Waals surface area contributed by atoms with E-state index in [2.05, 4.69) is 26.0 Å². The van der Waals surface area contributed by atoms with Gasteiger partial charge < -0.3 is 9.31 Å². The van der Waals surface area contributed by atoms with Gasteiger partial charge in [0.25, 0.3) is 0 Å². The molecular formula is C12H15BBrN3O2S. The number of hydrogen-bond donors (Lipinski definition) is 0. The van der Waals surface area contributed by atoms with Crippen molar-refractivity contribution in [1.82, 2.24) is 14.8 Å². The number of halogens is 1. The summed E-state index contributed by atoms with van der Waals surface area (Å²) in [6.07, 6.45) is 3.59. The Kier molecular flexibility index (Phi) is 3.32. The molecule has 2 aromatic rings. The zero-order chi connectivity index (χ0) is 14.5. The molecule has 8 heteroatoms. The molecule has 0 unspecified atom stereocenters. The van der Waals surface area contributed by atoms with E-state index in [1.165, 1.54) is 11.3 Å². The summed E-state index contributed by atoms with van der Waals surface area (Å²) in [5, 5.41) is 4.97. The third-order valence-electron chi connectivity index (χ3n) is 3.77. The topological polar surface area (TPSA) is 49.2 Å². The molecule has 0 N–H and O–H groups in total. The predicted octanol–water partition coefficient (Wildman–Crippen LogP) is 2.39. The molecule has 1 aliphatic rings. The second-order valence-electron chi connectivity index (χ2n) is 5.69. The molecule has 0 saturated carbocycles. The zero-order valence-corrected chi connectivity index (χ0v) is 14.2. The largest absolute Gasteiger partial charge is 0.508 e. The van der Waals surface area contributed by atoms with Gasteiger partial charge in [0.05, 0.1) is 16.0 Å². The molecule has 3 rings (SSSR count). The Balaban J connectivity index is 1.93. The van der Waals surface area contributed by atoms with Crippen molar-refractivity contribution < 1.29 is 9.31 Å². The standard InChI is InChI=1S/C12H15BBrN3O2S/c1-11(2)12(3,4)19-13(18-11)8-9(14)16-10(20-8)17-7-5-6-15-17/h5-7H,1-4H3. The molecule has 0 aromatic carbocycles. The average Bonchev–Trinajstić information content (AvgIpc) is 2.98. The first kappa shape index (κ1) is 14.3. The van der Waals surface area contributed by atoms with Crippen molar-refractivity contribution >= 4 is 39.2 Å². The van der Waals surface area contributed by atoms with E-state index in [0.717, 1.165) is 14.5 Å². The van der Waals surface area contributed by atoms with Crippen LogP contribution in [0.1, 0.15) is 27.7 Å². The second kappa shape index (κ2) is 4.66. The summed E-state index contributed by atoms with van der Waals surface area (Å²) in [5.41, 5.74) is -0.708. The Morgan fingerprint density at radius 3 is 2.45 bits per heavy atom. The van der Waals surface area contributed by atoms with Crippen molar-refractivity contribution in [2.45, 2.75) is 38.9 Å². The lowest BCUT2D eigenvalue weighted by atomic mass is 9.89. The van der Waals surface area contributed by atoms with E-state index >= 15 is 0 Å². The van der Waals surface area contributed by atoms with Crippen LogP contribution in [-0.4, -0.2) is 33.1 Å². The van der Waals surface area contributed by atoms with Gasteiger partial charge in [0.1, 0.15) is 4.60 Å². The highest BCUT2D eigenvalue weighted by molar-refractivity contribution is 9.10. The molecule has 0 bridgehead atoms. The number of hydrogen-bond acceptors (Lipinski definition) is 5. The maximum absolute atomic E-state index is 6.05. The van der Waals surface area contributed by atoms with E-state index in [-0.39, 0.29) is 11.2 Å². The van der Waals surface area contributed by atoms with E-state index < -0.39 is 7.12 Å². The van der Waals surface area contributed by atoms with Crippen molar-refractivity contribution in [3.8, 4) is 5.13 Å². The Bertz CT molecular complexity index is 611. The van der Waals surface area contributed by atoms with Gasteiger partial charge in [0.2, 0.25) is 5.13 Å². The molecule has 0 spiro atoms. The summed E-state index contributed by atoms with van der Waals surface area (Å²) >= 11 is 4.99. The van der Waals surface area contributed by atoms with Gasteiger partial charge in [-0.2, -0.15) is 5.10 Å². The van der Waals surface area contributed by atoms with Gasteiger partial charge in [-0.3, -0.25) is 0 Å². The van der Waals surface area contributed by atoms with Crippen molar-refractivity contribution in [1.29, 1.82) is 0 Å². The molecular weight excluding hydrogens is 341 g/mol. The maximum Gasteiger partial charge on any atom is 0.508 e. The molecule has 0 amide bonds. The van der Waals surface area contributed by atoms with Gasteiger partial charge in [-0.1, -0.05) is 0 Å². The van der Waals surface area contributed by atoms with Crippen LogP contribution in [0.25, 0.3) is 5.13 Å². The number of rotatable bonds is 2. The lowest BCUT2D eigenvalue weighted by molar-refractivity contribution is 0.00578. The van der Waals surface area contributed by atoms with Crippen molar-refractivity contribution in [3.05, 3.63) is 23.1 Å². The highest BCUT2D eigenvalue weighted by atomic mass is 79.9. The molecule has 0 radical (unpaired) electrons. The smallest absolute Gasteiger partial charge is 0.399 e. The first-order chi connectivity index (χ1) is 9.30. The summed E-state index contributed by atoms with van der Waals surface area (Å²) in [5.74, 6) is 0. The van der Waals surface area contributed by atoms with E-state index in [4.69, 9.17) is 9.31 Å². The molecule has 0 atom stereocenters. The Morgan fingerprint density at radius 1 is 1.25 bits per heavy atom. The molecule has 1 fully saturated rings. The molecule has 5 nitrogen and oxygen atoms in total. The van der Waals surface area contributed by atoms with Gasteiger partial charge in [0, 0.05) is 12.4 Å². The third-order valence-corrected chi connectivity index (χ3v) is 5.70. The first-order valence-electron chi connectivity index (χ1n) is 6.32. The van der Waals surface area contributed by atoms with Gasteiger partial charge in [-0.05, 0) is 49.7 Å². The highest BCUT2D eigenvalue weighted by Crippen LogP contribution is 2.37. The second-order valence-corrected chi connectivity index (χ2v) is 7.45. The average molecular weight is 356 g/mol. The van der Waals surface area contributed by atoms with Crippen LogP contribution in [0.3, 0.4) is 0 Å². The van der Waals surface area contributed by atoms with E-state index in [0.29, 0.717) is 0 Å². The van der Waals surface area contributed by atoms with E-state index in [1.54, 1.807) is 10.9 Å². The summed E-state index contributed by atoms with van der Waals surface area (Å²) in [4.78, 5) is 4.47. The Labute approximate surface area is 130 Å². The van der Waals surface area contributed by atoms with Gasteiger partial charge >= 0.3 is 7.12 Å². The molecule has 1 aliphatic heterocycles. The minimum absolute atomic E-state index is 0.354. The lowest BCUT2D eigenvalue weighted by Crippen LogP contribution is -2.41. The monoisotopic (exact) mass is 355 g/mol. The van der Waals surface area contributed by atoms with Crippen LogP contribution < -0.4 is 4.78 Å². The van der Waals surface area contributed by atoms with Crippen LogP contribution in [0.4, 0.5) is 0 Å². The zero-order valence-electron chi connectivity index (χ0n) is 11.8. The quantitative estimate of drug-likeness (QED) is 0.776. The van der Waals surface area contributed by atoms with E-state index in [1.807, 2.05) is 40.0 Å². The SMILES string of the molecule is CC1(C)OB(c2sc(-n3cccn3)nc2Br)OC1(C)C. The van der Waals surface area contributed by atoms with Crippen LogP contribution in [-0.2, 0) is 9.31 Å². The summed E-state index contributed by atoms with van der Waals surface area (Å²) in [6.45, 7) is 8.15. The molecule has 1 saturated heterocycles. The fourth-order valence-electron chi connectivity index (χ4n) is 1.88.